The molecule has 0 aliphatic carbocycles. The Hall–Kier alpha value is -1.23. The molecule has 0 fully saturated rings. The lowest BCUT2D eigenvalue weighted by atomic mass is 10.1. The number of hydrogen-bond donors (Lipinski definition) is 1. The Labute approximate surface area is 138 Å². The van der Waals surface area contributed by atoms with Crippen molar-refractivity contribution in [1.82, 2.24) is 5.32 Å². The van der Waals surface area contributed by atoms with Gasteiger partial charge in [-0.15, -0.1) is 0 Å². The molecule has 0 bridgehead atoms. The molecule has 5 heteroatoms. The molecular formula is C16H17BrClNO2. The molecule has 21 heavy (non-hydrogen) atoms. The van der Waals surface area contributed by atoms with E-state index in [4.69, 9.17) is 21.1 Å². The summed E-state index contributed by atoms with van der Waals surface area (Å²) in [4.78, 5) is 0. The third kappa shape index (κ3) is 4.37. The van der Waals surface area contributed by atoms with Gasteiger partial charge in [0.2, 0.25) is 0 Å². The molecule has 2 aromatic rings. The lowest BCUT2D eigenvalue weighted by molar-refractivity contribution is 0.281. The molecule has 0 saturated carbocycles. The van der Waals surface area contributed by atoms with Crippen molar-refractivity contribution in [3.8, 4) is 11.5 Å². The first kappa shape index (κ1) is 16.1. The fourth-order valence-electron chi connectivity index (χ4n) is 2.00. The van der Waals surface area contributed by atoms with Gasteiger partial charge in [0, 0.05) is 21.6 Å². The predicted molar refractivity (Wildman–Crippen MR) is 89.2 cm³/mol. The Morgan fingerprint density at radius 2 is 1.90 bits per heavy atom. The van der Waals surface area contributed by atoms with Gasteiger partial charge in [0.25, 0.3) is 0 Å². The van der Waals surface area contributed by atoms with Gasteiger partial charge in [-0.2, -0.15) is 0 Å². The summed E-state index contributed by atoms with van der Waals surface area (Å²) in [7, 11) is 3.54. The van der Waals surface area contributed by atoms with Crippen LogP contribution in [0, 0.1) is 0 Å². The molecule has 0 unspecified atom stereocenters. The quantitative estimate of drug-likeness (QED) is 0.817. The van der Waals surface area contributed by atoms with E-state index in [9.17, 15) is 0 Å². The minimum absolute atomic E-state index is 0.464. The van der Waals surface area contributed by atoms with Gasteiger partial charge in [-0.05, 0) is 36.9 Å². The zero-order chi connectivity index (χ0) is 15.2. The molecule has 0 spiro atoms. The Kier molecular flexibility index (Phi) is 5.91. The molecule has 2 aromatic carbocycles. The summed E-state index contributed by atoms with van der Waals surface area (Å²) in [5, 5.41) is 3.85. The molecular weight excluding hydrogens is 354 g/mol. The average Bonchev–Trinajstić information content (AvgIpc) is 2.47. The Bertz CT molecular complexity index is 602. The van der Waals surface area contributed by atoms with Gasteiger partial charge < -0.3 is 14.8 Å². The van der Waals surface area contributed by atoms with E-state index in [0.717, 1.165) is 26.4 Å². The molecule has 0 aliphatic rings. The summed E-state index contributed by atoms with van der Waals surface area (Å²) in [5.74, 6) is 1.47. The largest absolute Gasteiger partial charge is 0.493 e. The standard InChI is InChI=1S/C16H17BrClNO2/c1-19-9-12-7-13(17)8-15(20-2)16(12)21-10-11-3-5-14(18)6-4-11/h3-8,19H,9-10H2,1-2H3. The van der Waals surface area contributed by atoms with E-state index in [1.807, 2.05) is 43.4 Å². The highest BCUT2D eigenvalue weighted by molar-refractivity contribution is 9.10. The number of rotatable bonds is 6. The molecule has 0 aromatic heterocycles. The van der Waals surface area contributed by atoms with Crippen LogP contribution in [0.5, 0.6) is 11.5 Å². The summed E-state index contributed by atoms with van der Waals surface area (Å²) in [6.07, 6.45) is 0. The Balaban J connectivity index is 2.22. The second-order valence-corrected chi connectivity index (χ2v) is 5.89. The van der Waals surface area contributed by atoms with Crippen molar-refractivity contribution in [2.24, 2.45) is 0 Å². The number of nitrogens with one attached hydrogen (secondary N) is 1. The van der Waals surface area contributed by atoms with Crippen LogP contribution in [0.15, 0.2) is 40.9 Å². The average molecular weight is 371 g/mol. The maximum absolute atomic E-state index is 5.96. The van der Waals surface area contributed by atoms with Crippen LogP contribution in [0.3, 0.4) is 0 Å². The lowest BCUT2D eigenvalue weighted by Crippen LogP contribution is -2.08. The first-order chi connectivity index (χ1) is 10.1. The number of ether oxygens (including phenoxy) is 2. The van der Waals surface area contributed by atoms with Crippen molar-refractivity contribution >= 4 is 27.5 Å². The van der Waals surface area contributed by atoms with Gasteiger partial charge in [-0.1, -0.05) is 39.7 Å². The molecule has 112 valence electrons. The van der Waals surface area contributed by atoms with Gasteiger partial charge in [-0.25, -0.2) is 0 Å². The summed E-state index contributed by atoms with van der Waals surface area (Å²) < 4.78 is 12.3. The topological polar surface area (TPSA) is 30.5 Å². The van der Waals surface area contributed by atoms with E-state index in [-0.39, 0.29) is 0 Å². The van der Waals surface area contributed by atoms with E-state index in [2.05, 4.69) is 21.2 Å². The van der Waals surface area contributed by atoms with Crippen LogP contribution in [-0.2, 0) is 13.2 Å². The number of benzene rings is 2. The number of halogens is 2. The number of hydrogen-bond acceptors (Lipinski definition) is 3. The van der Waals surface area contributed by atoms with Crippen LogP contribution in [0.25, 0.3) is 0 Å². The van der Waals surface area contributed by atoms with Crippen molar-refractivity contribution in [1.29, 1.82) is 0 Å². The van der Waals surface area contributed by atoms with Gasteiger partial charge in [0.1, 0.15) is 6.61 Å². The van der Waals surface area contributed by atoms with Crippen LogP contribution >= 0.6 is 27.5 Å². The van der Waals surface area contributed by atoms with Crippen molar-refractivity contribution < 1.29 is 9.47 Å². The minimum atomic E-state index is 0.464. The Morgan fingerprint density at radius 3 is 2.52 bits per heavy atom. The van der Waals surface area contributed by atoms with E-state index < -0.39 is 0 Å². The van der Waals surface area contributed by atoms with E-state index in [1.165, 1.54) is 0 Å². The fourth-order valence-corrected chi connectivity index (χ4v) is 2.61. The van der Waals surface area contributed by atoms with E-state index in [1.54, 1.807) is 7.11 Å². The Morgan fingerprint density at radius 1 is 1.19 bits per heavy atom. The highest BCUT2D eigenvalue weighted by atomic mass is 79.9. The van der Waals surface area contributed by atoms with Crippen LogP contribution in [0.2, 0.25) is 5.02 Å². The lowest BCUT2D eigenvalue weighted by Gasteiger charge is -2.16. The zero-order valence-electron chi connectivity index (χ0n) is 12.0. The molecule has 2 rings (SSSR count). The van der Waals surface area contributed by atoms with Crippen molar-refractivity contribution in [3.63, 3.8) is 0 Å². The third-order valence-electron chi connectivity index (χ3n) is 2.98. The molecule has 3 nitrogen and oxygen atoms in total. The molecule has 0 heterocycles. The van der Waals surface area contributed by atoms with Crippen LogP contribution in [0.4, 0.5) is 0 Å². The number of methoxy groups -OCH3 is 1. The van der Waals surface area contributed by atoms with Crippen LogP contribution in [-0.4, -0.2) is 14.2 Å². The van der Waals surface area contributed by atoms with Gasteiger partial charge >= 0.3 is 0 Å². The van der Waals surface area contributed by atoms with Crippen LogP contribution < -0.4 is 14.8 Å². The third-order valence-corrected chi connectivity index (χ3v) is 3.69. The monoisotopic (exact) mass is 369 g/mol. The molecule has 1 N–H and O–H groups in total. The zero-order valence-corrected chi connectivity index (χ0v) is 14.3. The predicted octanol–water partition coefficient (Wildman–Crippen LogP) is 4.41. The van der Waals surface area contributed by atoms with Crippen molar-refractivity contribution in [2.75, 3.05) is 14.2 Å². The summed E-state index contributed by atoms with van der Waals surface area (Å²) >= 11 is 9.37. The molecule has 0 amide bonds. The van der Waals surface area contributed by atoms with Gasteiger partial charge in [0.05, 0.1) is 7.11 Å². The highest BCUT2D eigenvalue weighted by Crippen LogP contribution is 2.35. The molecule has 0 saturated heterocycles. The van der Waals surface area contributed by atoms with Gasteiger partial charge in [0.15, 0.2) is 11.5 Å². The maximum atomic E-state index is 5.96. The van der Waals surface area contributed by atoms with E-state index >= 15 is 0 Å². The summed E-state index contributed by atoms with van der Waals surface area (Å²) in [5.41, 5.74) is 2.09. The fraction of sp³-hybridized carbons (Fsp3) is 0.250. The van der Waals surface area contributed by atoms with Crippen LogP contribution in [0.1, 0.15) is 11.1 Å². The minimum Gasteiger partial charge on any atom is -0.493 e. The smallest absolute Gasteiger partial charge is 0.166 e. The SMILES string of the molecule is CNCc1cc(Br)cc(OC)c1OCc1ccc(Cl)cc1. The summed E-state index contributed by atoms with van der Waals surface area (Å²) in [6.45, 7) is 1.16. The first-order valence-electron chi connectivity index (χ1n) is 6.52. The van der Waals surface area contributed by atoms with E-state index in [0.29, 0.717) is 18.9 Å². The molecule has 0 radical (unpaired) electrons. The van der Waals surface area contributed by atoms with Gasteiger partial charge in [-0.3, -0.25) is 0 Å². The van der Waals surface area contributed by atoms with Crippen molar-refractivity contribution in [2.45, 2.75) is 13.2 Å². The van der Waals surface area contributed by atoms with Crippen molar-refractivity contribution in [3.05, 3.63) is 57.0 Å². The molecule has 0 aliphatic heterocycles. The molecule has 0 atom stereocenters. The second-order valence-electron chi connectivity index (χ2n) is 4.54. The first-order valence-corrected chi connectivity index (χ1v) is 7.69. The second kappa shape index (κ2) is 7.69. The highest BCUT2D eigenvalue weighted by Gasteiger charge is 2.12. The summed E-state index contributed by atoms with van der Waals surface area (Å²) in [6, 6.07) is 11.5. The maximum Gasteiger partial charge on any atom is 0.166 e. The normalized spacial score (nSPS) is 10.5.